The Labute approximate surface area is 85.4 Å². The zero-order valence-corrected chi connectivity index (χ0v) is 9.39. The quantitative estimate of drug-likeness (QED) is 0.713. The van der Waals surface area contributed by atoms with Gasteiger partial charge in [0.2, 0.25) is 0 Å². The maximum Gasteiger partial charge on any atom is 0.199 e. The van der Waals surface area contributed by atoms with Crippen molar-refractivity contribution in [3.8, 4) is 0 Å². The van der Waals surface area contributed by atoms with Crippen LogP contribution in [0.5, 0.6) is 0 Å². The Morgan fingerprint density at radius 2 is 2.15 bits per heavy atom. The molecule has 0 spiro atoms. The molecule has 1 aliphatic rings. The number of rotatable bonds is 0. The summed E-state index contributed by atoms with van der Waals surface area (Å²) in [6.07, 6.45) is 0. The van der Waals surface area contributed by atoms with Crippen molar-refractivity contribution in [2.45, 2.75) is 4.90 Å². The molecule has 0 aromatic heterocycles. The summed E-state index contributed by atoms with van der Waals surface area (Å²) in [4.78, 5) is 2.15. The van der Waals surface area contributed by atoms with E-state index in [-0.39, 0.29) is 5.88 Å². The summed E-state index contributed by atoms with van der Waals surface area (Å²) in [5, 5.41) is 0. The molecule has 0 amide bonds. The van der Waals surface area contributed by atoms with Crippen LogP contribution in [0.3, 0.4) is 0 Å². The molecular weight excluding hydrogens is 254 g/mol. The van der Waals surface area contributed by atoms with Crippen LogP contribution in [0.25, 0.3) is 0 Å². The highest BCUT2D eigenvalue weighted by Gasteiger charge is 2.31. The van der Waals surface area contributed by atoms with Crippen molar-refractivity contribution < 1.29 is 8.42 Å². The van der Waals surface area contributed by atoms with E-state index in [9.17, 15) is 8.42 Å². The van der Waals surface area contributed by atoms with Crippen LogP contribution >= 0.6 is 15.9 Å². The summed E-state index contributed by atoms with van der Waals surface area (Å²) in [6, 6.07) is 5.39. The second-order valence-electron chi connectivity index (χ2n) is 3.03. The first-order valence-corrected chi connectivity index (χ1v) is 6.19. The van der Waals surface area contributed by atoms with Gasteiger partial charge in [-0.05, 0) is 28.1 Å². The molecule has 1 aliphatic heterocycles. The van der Waals surface area contributed by atoms with Gasteiger partial charge in [-0.25, -0.2) is 8.42 Å². The normalized spacial score (nSPS) is 18.8. The lowest BCUT2D eigenvalue weighted by Crippen LogP contribution is -2.16. The summed E-state index contributed by atoms with van der Waals surface area (Å²) in [5.74, 6) is 0.0744. The number of anilines is 1. The van der Waals surface area contributed by atoms with E-state index in [0.29, 0.717) is 9.37 Å². The molecular formula is C8H8BrNO2S. The molecule has 1 aromatic carbocycles. The number of benzene rings is 1. The minimum absolute atomic E-state index is 0.0744. The van der Waals surface area contributed by atoms with Gasteiger partial charge in [-0.15, -0.1) is 0 Å². The molecule has 0 fully saturated rings. The Bertz CT molecular complexity index is 455. The van der Waals surface area contributed by atoms with Crippen molar-refractivity contribution in [2.75, 3.05) is 17.8 Å². The SMILES string of the molecule is CN1CS(=O)(=O)c2c(Br)cccc21. The van der Waals surface area contributed by atoms with Gasteiger partial charge in [0, 0.05) is 11.5 Å². The Kier molecular flexibility index (Phi) is 1.89. The van der Waals surface area contributed by atoms with Crippen molar-refractivity contribution in [3.63, 3.8) is 0 Å². The highest BCUT2D eigenvalue weighted by molar-refractivity contribution is 9.10. The average Bonchev–Trinajstić information content (AvgIpc) is 2.24. The van der Waals surface area contributed by atoms with Gasteiger partial charge in [-0.2, -0.15) is 0 Å². The monoisotopic (exact) mass is 261 g/mol. The van der Waals surface area contributed by atoms with E-state index in [1.54, 1.807) is 18.0 Å². The van der Waals surface area contributed by atoms with Crippen LogP contribution in [0.2, 0.25) is 0 Å². The highest BCUT2D eigenvalue weighted by Crippen LogP contribution is 2.37. The molecule has 0 aliphatic carbocycles. The van der Waals surface area contributed by atoms with Crippen molar-refractivity contribution in [2.24, 2.45) is 0 Å². The van der Waals surface area contributed by atoms with Gasteiger partial charge in [0.1, 0.15) is 10.8 Å². The van der Waals surface area contributed by atoms with Crippen LogP contribution < -0.4 is 4.90 Å². The molecule has 1 heterocycles. The molecule has 0 bridgehead atoms. The maximum absolute atomic E-state index is 11.6. The van der Waals surface area contributed by atoms with Crippen LogP contribution in [0.4, 0.5) is 5.69 Å². The zero-order chi connectivity index (χ0) is 9.64. The fourth-order valence-corrected chi connectivity index (χ4v) is 4.28. The molecule has 3 nitrogen and oxygen atoms in total. The van der Waals surface area contributed by atoms with Crippen LogP contribution in [-0.2, 0) is 9.84 Å². The Hall–Kier alpha value is -0.550. The second-order valence-corrected chi connectivity index (χ2v) is 5.78. The van der Waals surface area contributed by atoms with Crippen molar-refractivity contribution in [1.29, 1.82) is 0 Å². The number of sulfone groups is 1. The fourth-order valence-electron chi connectivity index (χ4n) is 1.49. The van der Waals surface area contributed by atoms with E-state index in [2.05, 4.69) is 15.9 Å². The van der Waals surface area contributed by atoms with Crippen LogP contribution in [0.1, 0.15) is 0 Å². The van der Waals surface area contributed by atoms with Crippen molar-refractivity contribution >= 4 is 31.5 Å². The molecule has 1 aromatic rings. The summed E-state index contributed by atoms with van der Waals surface area (Å²) in [6.45, 7) is 0. The third-order valence-electron chi connectivity index (χ3n) is 2.03. The third kappa shape index (κ3) is 1.26. The van der Waals surface area contributed by atoms with Crippen molar-refractivity contribution in [1.82, 2.24) is 0 Å². The van der Waals surface area contributed by atoms with E-state index in [4.69, 9.17) is 0 Å². The molecule has 70 valence electrons. The lowest BCUT2D eigenvalue weighted by Gasteiger charge is -2.08. The summed E-state index contributed by atoms with van der Waals surface area (Å²) in [7, 11) is -1.33. The van der Waals surface area contributed by atoms with Crippen LogP contribution in [-0.4, -0.2) is 21.3 Å². The first-order chi connectivity index (χ1) is 6.02. The van der Waals surface area contributed by atoms with E-state index in [1.807, 2.05) is 12.1 Å². The van der Waals surface area contributed by atoms with Gasteiger partial charge in [0.25, 0.3) is 0 Å². The Morgan fingerprint density at radius 1 is 1.46 bits per heavy atom. The van der Waals surface area contributed by atoms with Crippen LogP contribution in [0.15, 0.2) is 27.6 Å². The molecule has 0 saturated heterocycles. The van der Waals surface area contributed by atoms with E-state index < -0.39 is 9.84 Å². The smallest absolute Gasteiger partial charge is 0.199 e. The number of nitrogens with zero attached hydrogens (tertiary/aromatic N) is 1. The minimum Gasteiger partial charge on any atom is -0.359 e. The van der Waals surface area contributed by atoms with Gasteiger partial charge in [0.15, 0.2) is 9.84 Å². The van der Waals surface area contributed by atoms with Gasteiger partial charge < -0.3 is 4.90 Å². The van der Waals surface area contributed by atoms with E-state index >= 15 is 0 Å². The van der Waals surface area contributed by atoms with Crippen LogP contribution in [0, 0.1) is 0 Å². The molecule has 0 saturated carbocycles. The van der Waals surface area contributed by atoms with Gasteiger partial charge in [-0.1, -0.05) is 6.07 Å². The lowest BCUT2D eigenvalue weighted by molar-refractivity contribution is 0.599. The maximum atomic E-state index is 11.6. The third-order valence-corrected chi connectivity index (χ3v) is 4.73. The van der Waals surface area contributed by atoms with Gasteiger partial charge >= 0.3 is 0 Å². The molecule has 0 unspecified atom stereocenters. The molecule has 13 heavy (non-hydrogen) atoms. The minimum atomic E-state index is -3.11. The summed E-state index contributed by atoms with van der Waals surface area (Å²) >= 11 is 3.24. The Morgan fingerprint density at radius 3 is 2.77 bits per heavy atom. The summed E-state index contributed by atoms with van der Waals surface area (Å²) in [5.41, 5.74) is 0.773. The second kappa shape index (κ2) is 2.72. The Balaban J connectivity index is 2.81. The molecule has 0 radical (unpaired) electrons. The van der Waals surface area contributed by atoms with E-state index in [0.717, 1.165) is 5.69 Å². The first-order valence-electron chi connectivity index (χ1n) is 3.75. The van der Waals surface area contributed by atoms with Gasteiger partial charge in [0.05, 0.1) is 5.69 Å². The molecule has 2 rings (SSSR count). The van der Waals surface area contributed by atoms with E-state index in [1.165, 1.54) is 0 Å². The number of hydrogen-bond acceptors (Lipinski definition) is 3. The zero-order valence-electron chi connectivity index (χ0n) is 6.99. The predicted molar refractivity (Wildman–Crippen MR) is 54.6 cm³/mol. The van der Waals surface area contributed by atoms with Gasteiger partial charge in [-0.3, -0.25) is 0 Å². The number of fused-ring (bicyclic) bond motifs is 1. The lowest BCUT2D eigenvalue weighted by atomic mass is 10.3. The molecule has 0 atom stereocenters. The first kappa shape index (κ1) is 9.02. The number of halogens is 1. The number of hydrogen-bond donors (Lipinski definition) is 0. The molecule has 5 heteroatoms. The molecule has 0 N–H and O–H groups in total. The highest BCUT2D eigenvalue weighted by atomic mass is 79.9. The standard InChI is InChI=1S/C8H8BrNO2S/c1-10-5-13(11,12)8-6(9)3-2-4-7(8)10/h2-4H,5H2,1H3. The predicted octanol–water partition coefficient (Wildman–Crippen LogP) is 1.63. The fraction of sp³-hybridized carbons (Fsp3) is 0.250. The van der Waals surface area contributed by atoms with Crippen molar-refractivity contribution in [3.05, 3.63) is 22.7 Å². The summed E-state index contributed by atoms with van der Waals surface area (Å²) < 4.78 is 23.9. The largest absolute Gasteiger partial charge is 0.359 e. The average molecular weight is 262 g/mol. The topological polar surface area (TPSA) is 37.4 Å².